The molecule has 24 heavy (non-hydrogen) atoms. The fourth-order valence-corrected chi connectivity index (χ4v) is 3.16. The number of rotatable bonds is 3. The van der Waals surface area contributed by atoms with Gasteiger partial charge in [0.1, 0.15) is 0 Å². The molecule has 0 spiro atoms. The van der Waals surface area contributed by atoms with Crippen LogP contribution in [0.5, 0.6) is 0 Å². The van der Waals surface area contributed by atoms with Crippen LogP contribution in [0.2, 0.25) is 0 Å². The largest absolute Gasteiger partial charge is 0.348 e. The Labute approximate surface area is 138 Å². The minimum absolute atomic E-state index is 0.137. The van der Waals surface area contributed by atoms with E-state index in [9.17, 15) is 4.79 Å². The molecule has 1 fully saturated rings. The monoisotopic (exact) mass is 322 g/mol. The topological polar surface area (TPSA) is 90.6 Å². The molecule has 7 nitrogen and oxygen atoms in total. The number of aromatic nitrogens is 5. The van der Waals surface area contributed by atoms with Gasteiger partial charge in [-0.3, -0.25) is 14.8 Å². The van der Waals surface area contributed by atoms with E-state index in [1.165, 1.54) is 11.8 Å². The summed E-state index contributed by atoms with van der Waals surface area (Å²) in [6.45, 7) is 1.71. The number of anilines is 1. The van der Waals surface area contributed by atoms with Crippen molar-refractivity contribution < 1.29 is 0 Å². The summed E-state index contributed by atoms with van der Waals surface area (Å²) < 4.78 is 0. The molecule has 1 aliphatic rings. The van der Waals surface area contributed by atoms with Crippen LogP contribution in [0.1, 0.15) is 24.5 Å². The predicted octanol–water partition coefficient (Wildman–Crippen LogP) is 1.94. The van der Waals surface area contributed by atoms with E-state index < -0.39 is 0 Å². The highest BCUT2D eigenvalue weighted by atomic mass is 16.1. The van der Waals surface area contributed by atoms with Gasteiger partial charge in [-0.2, -0.15) is 0 Å². The minimum atomic E-state index is -0.137. The Morgan fingerprint density at radius 1 is 1.12 bits per heavy atom. The molecule has 1 saturated heterocycles. The van der Waals surface area contributed by atoms with E-state index in [0.29, 0.717) is 17.6 Å². The molecule has 0 radical (unpaired) electrons. The number of hydrogen-bond acceptors (Lipinski definition) is 5. The molecule has 0 aliphatic carbocycles. The van der Waals surface area contributed by atoms with Crippen LogP contribution in [0.3, 0.4) is 0 Å². The molecule has 4 rings (SSSR count). The van der Waals surface area contributed by atoms with Gasteiger partial charge in [-0.1, -0.05) is 0 Å². The number of nitrogens with one attached hydrogen (secondary N) is 2. The molecule has 4 heterocycles. The van der Waals surface area contributed by atoms with Crippen molar-refractivity contribution in [2.24, 2.45) is 0 Å². The molecular weight excluding hydrogens is 304 g/mol. The summed E-state index contributed by atoms with van der Waals surface area (Å²) in [7, 11) is 0. The van der Waals surface area contributed by atoms with Crippen LogP contribution in [-0.4, -0.2) is 38.0 Å². The second-order valence-electron chi connectivity index (χ2n) is 5.96. The quantitative estimate of drug-likeness (QED) is 0.769. The van der Waals surface area contributed by atoms with Crippen molar-refractivity contribution >= 4 is 5.95 Å². The first-order chi connectivity index (χ1) is 11.8. The van der Waals surface area contributed by atoms with Crippen LogP contribution in [0.25, 0.3) is 11.3 Å². The standard InChI is InChI=1S/C17H18N6O/c24-16-9-14(12-1-5-18-6-2-12)21-17(22-16)23-7-3-13(4-8-23)15-10-19-11-20-15/h1-2,5-6,9-11,13H,3-4,7-8H2,(H,19,20)(H,21,22,24). The lowest BCUT2D eigenvalue weighted by Gasteiger charge is -2.31. The zero-order valence-electron chi connectivity index (χ0n) is 13.1. The van der Waals surface area contributed by atoms with Crippen LogP contribution < -0.4 is 10.5 Å². The number of imidazole rings is 1. The highest BCUT2D eigenvalue weighted by molar-refractivity contribution is 5.59. The summed E-state index contributed by atoms with van der Waals surface area (Å²) in [4.78, 5) is 33.0. The van der Waals surface area contributed by atoms with Gasteiger partial charge in [-0.15, -0.1) is 0 Å². The molecule has 1 aliphatic heterocycles. The first-order valence-electron chi connectivity index (χ1n) is 8.04. The van der Waals surface area contributed by atoms with Crippen LogP contribution in [0, 0.1) is 0 Å². The highest BCUT2D eigenvalue weighted by Crippen LogP contribution is 2.28. The van der Waals surface area contributed by atoms with E-state index in [2.05, 4.69) is 29.8 Å². The maximum absolute atomic E-state index is 12.0. The van der Waals surface area contributed by atoms with Crippen LogP contribution in [0.4, 0.5) is 5.95 Å². The minimum Gasteiger partial charge on any atom is -0.348 e. The molecule has 122 valence electrons. The highest BCUT2D eigenvalue weighted by Gasteiger charge is 2.23. The molecule has 2 N–H and O–H groups in total. The van der Waals surface area contributed by atoms with Crippen LogP contribution in [-0.2, 0) is 0 Å². The summed E-state index contributed by atoms with van der Waals surface area (Å²) in [5.74, 6) is 1.12. The SMILES string of the molecule is O=c1cc(-c2ccncc2)nc(N2CCC(c3cnc[nH]3)CC2)[nH]1. The molecule has 0 unspecified atom stereocenters. The normalized spacial score (nSPS) is 15.6. The van der Waals surface area contributed by atoms with Gasteiger partial charge in [0.05, 0.1) is 12.0 Å². The second kappa shape index (κ2) is 6.27. The number of piperidine rings is 1. The maximum Gasteiger partial charge on any atom is 0.252 e. The lowest BCUT2D eigenvalue weighted by Crippen LogP contribution is -2.35. The number of aromatic amines is 2. The van der Waals surface area contributed by atoms with E-state index in [0.717, 1.165) is 31.5 Å². The molecule has 0 saturated carbocycles. The van der Waals surface area contributed by atoms with E-state index in [4.69, 9.17) is 0 Å². The average molecular weight is 322 g/mol. The molecule has 3 aromatic rings. The Bertz CT molecular complexity index is 850. The van der Waals surface area contributed by atoms with Crippen LogP contribution >= 0.6 is 0 Å². The zero-order chi connectivity index (χ0) is 16.4. The summed E-state index contributed by atoms with van der Waals surface area (Å²) >= 11 is 0. The second-order valence-corrected chi connectivity index (χ2v) is 5.96. The average Bonchev–Trinajstić information content (AvgIpc) is 3.17. The van der Waals surface area contributed by atoms with E-state index in [1.54, 1.807) is 18.7 Å². The van der Waals surface area contributed by atoms with Crippen molar-refractivity contribution in [1.82, 2.24) is 24.9 Å². The van der Waals surface area contributed by atoms with Gasteiger partial charge in [-0.05, 0) is 25.0 Å². The fourth-order valence-electron chi connectivity index (χ4n) is 3.16. The molecule has 7 heteroatoms. The van der Waals surface area contributed by atoms with Crippen molar-refractivity contribution in [1.29, 1.82) is 0 Å². The maximum atomic E-state index is 12.0. The van der Waals surface area contributed by atoms with Gasteiger partial charge < -0.3 is 9.88 Å². The lowest BCUT2D eigenvalue weighted by molar-refractivity contribution is 0.492. The number of pyridine rings is 1. The van der Waals surface area contributed by atoms with Gasteiger partial charge in [-0.25, -0.2) is 9.97 Å². The summed E-state index contributed by atoms with van der Waals surface area (Å²) in [5.41, 5.74) is 2.61. The van der Waals surface area contributed by atoms with Gasteiger partial charge in [0, 0.05) is 54.9 Å². The lowest BCUT2D eigenvalue weighted by atomic mass is 9.94. The molecule has 3 aromatic heterocycles. The number of hydrogen-bond donors (Lipinski definition) is 2. The number of H-pyrrole nitrogens is 2. The first-order valence-corrected chi connectivity index (χ1v) is 8.04. The summed E-state index contributed by atoms with van der Waals surface area (Å²) in [6.07, 6.45) is 9.03. The van der Waals surface area contributed by atoms with E-state index >= 15 is 0 Å². The summed E-state index contributed by atoms with van der Waals surface area (Å²) in [6, 6.07) is 5.24. The van der Waals surface area contributed by atoms with Gasteiger partial charge >= 0.3 is 0 Å². The third-order valence-corrected chi connectivity index (χ3v) is 4.46. The fraction of sp³-hybridized carbons (Fsp3) is 0.294. The Hall–Kier alpha value is -2.96. The van der Waals surface area contributed by atoms with Gasteiger partial charge in [0.2, 0.25) is 5.95 Å². The number of nitrogens with zero attached hydrogens (tertiary/aromatic N) is 4. The van der Waals surface area contributed by atoms with Crippen molar-refractivity contribution in [3.8, 4) is 11.3 Å². The van der Waals surface area contributed by atoms with E-state index in [1.807, 2.05) is 18.3 Å². The Balaban J connectivity index is 1.55. The van der Waals surface area contributed by atoms with E-state index in [-0.39, 0.29) is 5.56 Å². The molecule has 0 atom stereocenters. The molecular formula is C17H18N6O. The molecule has 0 bridgehead atoms. The van der Waals surface area contributed by atoms with Crippen molar-refractivity contribution in [2.45, 2.75) is 18.8 Å². The first kappa shape index (κ1) is 14.6. The van der Waals surface area contributed by atoms with Gasteiger partial charge in [0.15, 0.2) is 0 Å². The Morgan fingerprint density at radius 3 is 2.62 bits per heavy atom. The van der Waals surface area contributed by atoms with Crippen molar-refractivity contribution in [2.75, 3.05) is 18.0 Å². The zero-order valence-corrected chi connectivity index (χ0v) is 13.1. The third kappa shape index (κ3) is 2.92. The third-order valence-electron chi connectivity index (χ3n) is 4.46. The predicted molar refractivity (Wildman–Crippen MR) is 90.9 cm³/mol. The summed E-state index contributed by atoms with van der Waals surface area (Å²) in [5, 5.41) is 0. The van der Waals surface area contributed by atoms with Crippen LogP contribution in [0.15, 0.2) is 47.9 Å². The Kier molecular flexibility index (Phi) is 3.82. The van der Waals surface area contributed by atoms with Crippen molar-refractivity contribution in [3.63, 3.8) is 0 Å². The van der Waals surface area contributed by atoms with Gasteiger partial charge in [0.25, 0.3) is 5.56 Å². The Morgan fingerprint density at radius 2 is 1.92 bits per heavy atom. The smallest absolute Gasteiger partial charge is 0.252 e. The van der Waals surface area contributed by atoms with Crippen molar-refractivity contribution in [3.05, 3.63) is 59.2 Å². The molecule has 0 aromatic carbocycles. The molecule has 0 amide bonds.